The molecule has 32 heavy (non-hydrogen) atoms. The maximum Gasteiger partial charge on any atom is 0.243 e. The van der Waals surface area contributed by atoms with Gasteiger partial charge in [0.1, 0.15) is 0 Å². The summed E-state index contributed by atoms with van der Waals surface area (Å²) in [4.78, 5) is 29.0. The Kier molecular flexibility index (Phi) is 8.17. The Morgan fingerprint density at radius 3 is 1.88 bits per heavy atom. The highest BCUT2D eigenvalue weighted by Gasteiger charge is 2.23. The molecule has 166 valence electrons. The van der Waals surface area contributed by atoms with Gasteiger partial charge in [-0.1, -0.05) is 85.8 Å². The smallest absolute Gasteiger partial charge is 0.243 e. The van der Waals surface area contributed by atoms with Gasteiger partial charge in [-0.15, -0.1) is 0 Å². The van der Waals surface area contributed by atoms with Crippen LogP contribution < -0.4 is 5.32 Å². The number of likely N-dealkylation sites (N-methyl/N-ethyl adjacent to an activating group) is 2. The summed E-state index contributed by atoms with van der Waals surface area (Å²) in [6, 6.07) is 27.9. The summed E-state index contributed by atoms with van der Waals surface area (Å²) in [6.07, 6.45) is 0.830. The van der Waals surface area contributed by atoms with Gasteiger partial charge >= 0.3 is 0 Å². The third kappa shape index (κ3) is 6.05. The van der Waals surface area contributed by atoms with E-state index in [9.17, 15) is 9.59 Å². The van der Waals surface area contributed by atoms with Crippen LogP contribution in [0.4, 0.5) is 5.69 Å². The van der Waals surface area contributed by atoms with E-state index in [2.05, 4.69) is 29.6 Å². The summed E-state index contributed by atoms with van der Waals surface area (Å²) in [5.41, 5.74) is 4.10. The molecule has 3 aromatic rings. The van der Waals surface area contributed by atoms with Gasteiger partial charge in [0, 0.05) is 12.7 Å². The van der Waals surface area contributed by atoms with E-state index in [4.69, 9.17) is 0 Å². The van der Waals surface area contributed by atoms with Crippen molar-refractivity contribution in [3.63, 3.8) is 0 Å². The van der Waals surface area contributed by atoms with Gasteiger partial charge in [0.25, 0.3) is 0 Å². The second kappa shape index (κ2) is 11.3. The Labute approximate surface area is 190 Å². The largest absolute Gasteiger partial charge is 0.335 e. The normalized spacial score (nSPS) is 10.9. The van der Waals surface area contributed by atoms with E-state index >= 15 is 0 Å². The number of anilines is 1. The van der Waals surface area contributed by atoms with Gasteiger partial charge in [0.15, 0.2) is 0 Å². The fraction of sp³-hybridized carbons (Fsp3) is 0.259. The maximum atomic E-state index is 12.9. The molecule has 0 saturated carbocycles. The van der Waals surface area contributed by atoms with Crippen molar-refractivity contribution in [1.29, 1.82) is 0 Å². The summed E-state index contributed by atoms with van der Waals surface area (Å²) in [6.45, 7) is 2.25. The number of carbonyl (C=O) groups is 2. The Bertz CT molecular complexity index is 982. The third-order valence-electron chi connectivity index (χ3n) is 5.53. The second-order valence-electron chi connectivity index (χ2n) is 7.95. The van der Waals surface area contributed by atoms with Crippen LogP contribution in [0.15, 0.2) is 84.9 Å². The zero-order valence-corrected chi connectivity index (χ0v) is 19.0. The molecule has 0 aliphatic carbocycles. The highest BCUT2D eigenvalue weighted by atomic mass is 16.2. The molecule has 0 aromatic heterocycles. The molecule has 5 nitrogen and oxygen atoms in total. The first-order valence-electron chi connectivity index (χ1n) is 10.9. The molecule has 3 rings (SSSR count). The van der Waals surface area contributed by atoms with E-state index in [1.54, 1.807) is 7.05 Å². The van der Waals surface area contributed by atoms with Crippen molar-refractivity contribution in [3.05, 3.63) is 102 Å². The summed E-state index contributed by atoms with van der Waals surface area (Å²) in [5.74, 6) is -0.310. The molecule has 0 aliphatic heterocycles. The Balaban J connectivity index is 1.65. The van der Waals surface area contributed by atoms with E-state index in [0.29, 0.717) is 0 Å². The zero-order valence-electron chi connectivity index (χ0n) is 19.0. The van der Waals surface area contributed by atoms with Crippen LogP contribution in [0.25, 0.3) is 0 Å². The minimum atomic E-state index is -0.202. The molecule has 0 radical (unpaired) electrons. The fourth-order valence-corrected chi connectivity index (χ4v) is 3.84. The molecule has 0 saturated heterocycles. The standard InChI is InChI=1S/C27H31N3O2/c1-4-21-13-11-12-18-24(21)28-25(31)19-29(2)26(32)20-30(3)27(22-14-7-5-8-15-22)23-16-9-6-10-17-23/h5-18,27H,4,19-20H2,1-3H3,(H,28,31). The molecule has 2 amide bonds. The number of nitrogens with one attached hydrogen (secondary N) is 1. The topological polar surface area (TPSA) is 52.7 Å². The lowest BCUT2D eigenvalue weighted by Crippen LogP contribution is -2.41. The number of hydrogen-bond donors (Lipinski definition) is 1. The van der Waals surface area contributed by atoms with Crippen LogP contribution >= 0.6 is 0 Å². The minimum absolute atomic E-state index is 0.00601. The van der Waals surface area contributed by atoms with E-state index in [-0.39, 0.29) is 30.9 Å². The van der Waals surface area contributed by atoms with Gasteiger partial charge in [-0.25, -0.2) is 0 Å². The van der Waals surface area contributed by atoms with Crippen LogP contribution in [-0.2, 0) is 16.0 Å². The number of hydrogen-bond acceptors (Lipinski definition) is 3. The van der Waals surface area contributed by atoms with Crippen molar-refractivity contribution >= 4 is 17.5 Å². The number of para-hydroxylation sites is 1. The monoisotopic (exact) mass is 429 g/mol. The number of carbonyl (C=O) groups excluding carboxylic acids is 2. The van der Waals surface area contributed by atoms with Crippen molar-refractivity contribution < 1.29 is 9.59 Å². The minimum Gasteiger partial charge on any atom is -0.335 e. The molecule has 0 unspecified atom stereocenters. The molecule has 0 atom stereocenters. The molecule has 0 spiro atoms. The quantitative estimate of drug-likeness (QED) is 0.550. The average molecular weight is 430 g/mol. The van der Waals surface area contributed by atoms with Crippen LogP contribution in [0.3, 0.4) is 0 Å². The fourth-order valence-electron chi connectivity index (χ4n) is 3.84. The number of benzene rings is 3. The van der Waals surface area contributed by atoms with E-state index in [1.165, 1.54) is 4.90 Å². The summed E-state index contributed by atoms with van der Waals surface area (Å²) < 4.78 is 0. The van der Waals surface area contributed by atoms with E-state index in [1.807, 2.05) is 79.5 Å². The highest BCUT2D eigenvalue weighted by molar-refractivity contribution is 5.95. The lowest BCUT2D eigenvalue weighted by molar-refractivity contribution is -0.134. The number of rotatable bonds is 9. The predicted molar refractivity (Wildman–Crippen MR) is 129 cm³/mol. The molecule has 5 heteroatoms. The second-order valence-corrected chi connectivity index (χ2v) is 7.95. The first-order valence-corrected chi connectivity index (χ1v) is 10.9. The van der Waals surface area contributed by atoms with Crippen molar-refractivity contribution in [2.24, 2.45) is 0 Å². The van der Waals surface area contributed by atoms with Gasteiger partial charge in [0.05, 0.1) is 19.1 Å². The van der Waals surface area contributed by atoms with Gasteiger partial charge in [-0.3, -0.25) is 14.5 Å². The third-order valence-corrected chi connectivity index (χ3v) is 5.53. The Morgan fingerprint density at radius 2 is 1.31 bits per heavy atom. The number of amides is 2. The van der Waals surface area contributed by atoms with Crippen molar-refractivity contribution in [2.75, 3.05) is 32.5 Å². The average Bonchev–Trinajstić information content (AvgIpc) is 2.81. The van der Waals surface area contributed by atoms with E-state index in [0.717, 1.165) is 28.8 Å². The lowest BCUT2D eigenvalue weighted by atomic mass is 9.97. The van der Waals surface area contributed by atoms with Gasteiger partial charge in [-0.05, 0) is 36.2 Å². The van der Waals surface area contributed by atoms with E-state index < -0.39 is 0 Å². The maximum absolute atomic E-state index is 12.9. The first-order chi connectivity index (χ1) is 15.5. The number of nitrogens with zero attached hydrogens (tertiary/aromatic N) is 2. The van der Waals surface area contributed by atoms with Crippen LogP contribution in [0.2, 0.25) is 0 Å². The molecular weight excluding hydrogens is 398 g/mol. The Hall–Kier alpha value is -3.44. The lowest BCUT2D eigenvalue weighted by Gasteiger charge is -2.30. The molecular formula is C27H31N3O2. The molecule has 0 bridgehead atoms. The molecule has 0 heterocycles. The molecule has 0 aliphatic rings. The summed E-state index contributed by atoms with van der Waals surface area (Å²) in [5, 5.41) is 2.93. The predicted octanol–water partition coefficient (Wildman–Crippen LogP) is 4.37. The SMILES string of the molecule is CCc1ccccc1NC(=O)CN(C)C(=O)CN(C)C(c1ccccc1)c1ccccc1. The molecule has 1 N–H and O–H groups in total. The zero-order chi connectivity index (χ0) is 22.9. The van der Waals surface area contributed by atoms with Crippen LogP contribution in [0.5, 0.6) is 0 Å². The number of aryl methyl sites for hydroxylation is 1. The highest BCUT2D eigenvalue weighted by Crippen LogP contribution is 2.27. The van der Waals surface area contributed by atoms with Gasteiger partial charge in [-0.2, -0.15) is 0 Å². The van der Waals surface area contributed by atoms with Crippen LogP contribution in [0, 0.1) is 0 Å². The van der Waals surface area contributed by atoms with Crippen molar-refractivity contribution in [2.45, 2.75) is 19.4 Å². The molecule has 3 aromatic carbocycles. The van der Waals surface area contributed by atoms with Crippen LogP contribution in [0.1, 0.15) is 29.7 Å². The van der Waals surface area contributed by atoms with Crippen LogP contribution in [-0.4, -0.2) is 48.8 Å². The van der Waals surface area contributed by atoms with Crippen molar-refractivity contribution in [3.8, 4) is 0 Å². The van der Waals surface area contributed by atoms with Gasteiger partial charge < -0.3 is 10.2 Å². The first kappa shape index (κ1) is 23.2. The Morgan fingerprint density at radius 1 is 0.781 bits per heavy atom. The van der Waals surface area contributed by atoms with Crippen molar-refractivity contribution in [1.82, 2.24) is 9.80 Å². The summed E-state index contributed by atoms with van der Waals surface area (Å²) >= 11 is 0. The van der Waals surface area contributed by atoms with Gasteiger partial charge in [0.2, 0.25) is 11.8 Å². The molecule has 0 fully saturated rings. The summed E-state index contributed by atoms with van der Waals surface area (Å²) in [7, 11) is 3.61.